The third kappa shape index (κ3) is 5.62. The lowest BCUT2D eigenvalue weighted by molar-refractivity contribution is 1.05. The molecule has 65 heavy (non-hydrogen) atoms. The Bertz CT molecular complexity index is 4250. The summed E-state index contributed by atoms with van der Waals surface area (Å²) in [4.78, 5) is 10.4. The monoisotopic (exact) mass is 844 g/mol. The second-order valence-corrected chi connectivity index (χ2v) is 18.1. The molecule has 10 aromatic carbocycles. The van der Waals surface area contributed by atoms with E-state index in [1.54, 1.807) is 0 Å². The smallest absolute Gasteiger partial charge is 0.161 e. The first kappa shape index (κ1) is 36.1. The van der Waals surface area contributed by atoms with Crippen molar-refractivity contribution in [1.82, 2.24) is 19.1 Å². The highest BCUT2D eigenvalue weighted by Crippen LogP contribution is 2.44. The van der Waals surface area contributed by atoms with Gasteiger partial charge in [0.15, 0.2) is 5.82 Å². The van der Waals surface area contributed by atoms with Crippen LogP contribution in [0.15, 0.2) is 219 Å². The SMILES string of the molecule is c1ccc(-n2c3ccc(-c4ccc5ccccc5c4)cc3c3c2ccc2c4cc(-c5ccc6ccccc6c5)ccc4n(-c4ccnc(-c5ccc6sc7ccccc7c6c5)n4)c23)cc1. The molecule has 0 aliphatic heterocycles. The summed E-state index contributed by atoms with van der Waals surface area (Å²) in [7, 11) is 0. The van der Waals surface area contributed by atoms with Gasteiger partial charge >= 0.3 is 0 Å². The van der Waals surface area contributed by atoms with E-state index in [1.807, 2.05) is 17.5 Å². The van der Waals surface area contributed by atoms with Crippen molar-refractivity contribution in [3.05, 3.63) is 219 Å². The van der Waals surface area contributed by atoms with Crippen molar-refractivity contribution in [2.75, 3.05) is 0 Å². The summed E-state index contributed by atoms with van der Waals surface area (Å²) in [5.41, 5.74) is 11.3. The fourth-order valence-corrected chi connectivity index (χ4v) is 11.4. The van der Waals surface area contributed by atoms with Gasteiger partial charge in [-0.1, -0.05) is 127 Å². The second kappa shape index (κ2) is 14.1. The number of para-hydroxylation sites is 1. The zero-order chi connectivity index (χ0) is 42.6. The van der Waals surface area contributed by atoms with Crippen LogP contribution in [-0.2, 0) is 0 Å². The topological polar surface area (TPSA) is 35.6 Å². The molecule has 4 aromatic heterocycles. The molecule has 0 aliphatic rings. The highest BCUT2D eigenvalue weighted by Gasteiger charge is 2.23. The molecule has 14 aromatic rings. The normalized spacial score (nSPS) is 12.0. The minimum Gasteiger partial charge on any atom is -0.309 e. The summed E-state index contributed by atoms with van der Waals surface area (Å²) in [5.74, 6) is 1.52. The summed E-state index contributed by atoms with van der Waals surface area (Å²) in [6.07, 6.45) is 1.92. The number of hydrogen-bond acceptors (Lipinski definition) is 3. The molecular formula is C60H36N4S. The molecule has 0 saturated carbocycles. The van der Waals surface area contributed by atoms with E-state index in [4.69, 9.17) is 9.97 Å². The Hall–Kier alpha value is -8.38. The minimum atomic E-state index is 0.694. The van der Waals surface area contributed by atoms with Crippen LogP contribution in [0.5, 0.6) is 0 Å². The highest BCUT2D eigenvalue weighted by atomic mass is 32.1. The lowest BCUT2D eigenvalue weighted by Crippen LogP contribution is -2.00. The molecule has 0 saturated heterocycles. The molecular weight excluding hydrogens is 809 g/mol. The molecule has 5 heteroatoms. The maximum absolute atomic E-state index is 5.47. The lowest BCUT2D eigenvalue weighted by Gasteiger charge is -2.11. The molecule has 0 unspecified atom stereocenters. The zero-order valence-electron chi connectivity index (χ0n) is 35.0. The molecule has 0 N–H and O–H groups in total. The quantitative estimate of drug-likeness (QED) is 0.173. The highest BCUT2D eigenvalue weighted by molar-refractivity contribution is 7.25. The predicted octanol–water partition coefficient (Wildman–Crippen LogP) is 16.3. The number of thiophene rings is 1. The number of rotatable bonds is 5. The molecule has 0 spiro atoms. The van der Waals surface area contributed by atoms with Crippen molar-refractivity contribution < 1.29 is 0 Å². The molecule has 302 valence electrons. The molecule has 0 atom stereocenters. The van der Waals surface area contributed by atoms with Crippen molar-refractivity contribution in [3.63, 3.8) is 0 Å². The fourth-order valence-electron chi connectivity index (χ4n) is 10.3. The summed E-state index contributed by atoms with van der Waals surface area (Å²) in [5, 5.41) is 12.1. The zero-order valence-corrected chi connectivity index (χ0v) is 35.8. The third-order valence-electron chi connectivity index (χ3n) is 13.3. The Morgan fingerprint density at radius 2 is 0.923 bits per heavy atom. The van der Waals surface area contributed by atoms with Crippen molar-refractivity contribution >= 4 is 96.7 Å². The van der Waals surface area contributed by atoms with E-state index in [0.29, 0.717) is 5.82 Å². The Kier molecular flexibility index (Phi) is 7.82. The van der Waals surface area contributed by atoms with Crippen molar-refractivity contribution in [2.45, 2.75) is 0 Å². The van der Waals surface area contributed by atoms with Gasteiger partial charge in [0, 0.05) is 59.2 Å². The van der Waals surface area contributed by atoms with Gasteiger partial charge in [-0.3, -0.25) is 4.57 Å². The molecule has 0 bridgehead atoms. The summed E-state index contributed by atoms with van der Waals surface area (Å²) < 4.78 is 7.35. The number of nitrogens with zero attached hydrogens (tertiary/aromatic N) is 4. The molecule has 14 rings (SSSR count). The predicted molar refractivity (Wildman–Crippen MR) is 275 cm³/mol. The van der Waals surface area contributed by atoms with Gasteiger partial charge in [0.2, 0.25) is 0 Å². The number of fused-ring (bicyclic) bond motifs is 12. The van der Waals surface area contributed by atoms with E-state index in [0.717, 1.165) is 39.1 Å². The summed E-state index contributed by atoms with van der Waals surface area (Å²) >= 11 is 1.82. The molecule has 4 nitrogen and oxygen atoms in total. The van der Waals surface area contributed by atoms with Gasteiger partial charge in [0.25, 0.3) is 0 Å². The molecule has 0 fully saturated rings. The van der Waals surface area contributed by atoms with Crippen molar-refractivity contribution in [1.29, 1.82) is 0 Å². The van der Waals surface area contributed by atoms with Gasteiger partial charge in [-0.05, 0) is 129 Å². The number of hydrogen-bond donors (Lipinski definition) is 0. The second-order valence-electron chi connectivity index (χ2n) is 17.0. The number of benzene rings is 10. The summed E-state index contributed by atoms with van der Waals surface area (Å²) in [6, 6.07) is 77.4. The van der Waals surface area contributed by atoms with Crippen molar-refractivity contribution in [3.8, 4) is 45.1 Å². The molecule has 0 aliphatic carbocycles. The van der Waals surface area contributed by atoms with Crippen LogP contribution in [0.4, 0.5) is 0 Å². The van der Waals surface area contributed by atoms with Crippen LogP contribution in [0.1, 0.15) is 0 Å². The first-order valence-corrected chi connectivity index (χ1v) is 22.9. The van der Waals surface area contributed by atoms with Crippen LogP contribution in [0, 0.1) is 0 Å². The Morgan fingerprint density at radius 3 is 1.68 bits per heavy atom. The van der Waals surface area contributed by atoms with E-state index >= 15 is 0 Å². The molecule has 0 radical (unpaired) electrons. The van der Waals surface area contributed by atoms with Crippen LogP contribution in [0.3, 0.4) is 0 Å². The van der Waals surface area contributed by atoms with E-state index in [9.17, 15) is 0 Å². The minimum absolute atomic E-state index is 0.694. The maximum Gasteiger partial charge on any atom is 0.161 e. The lowest BCUT2D eigenvalue weighted by atomic mass is 9.98. The average molecular weight is 845 g/mol. The van der Waals surface area contributed by atoms with Crippen LogP contribution in [-0.4, -0.2) is 19.1 Å². The Balaban J connectivity index is 1.07. The van der Waals surface area contributed by atoms with Crippen LogP contribution >= 0.6 is 11.3 Å². The number of aromatic nitrogens is 4. The van der Waals surface area contributed by atoms with Gasteiger partial charge in [-0.15, -0.1) is 11.3 Å². The molecule has 0 amide bonds. The van der Waals surface area contributed by atoms with Gasteiger partial charge in [0.1, 0.15) is 5.82 Å². The summed E-state index contributed by atoms with van der Waals surface area (Å²) in [6.45, 7) is 0. The van der Waals surface area contributed by atoms with Gasteiger partial charge in [0.05, 0.1) is 22.1 Å². The largest absolute Gasteiger partial charge is 0.309 e. The first-order chi connectivity index (χ1) is 32.2. The van der Waals surface area contributed by atoms with Gasteiger partial charge in [-0.2, -0.15) is 0 Å². The fraction of sp³-hybridized carbons (Fsp3) is 0. The van der Waals surface area contributed by atoms with Crippen LogP contribution in [0.25, 0.3) is 130 Å². The van der Waals surface area contributed by atoms with Crippen molar-refractivity contribution in [2.24, 2.45) is 0 Å². The van der Waals surface area contributed by atoms with E-state index in [2.05, 4.69) is 221 Å². The van der Waals surface area contributed by atoms with Crippen LogP contribution in [0.2, 0.25) is 0 Å². The third-order valence-corrected chi connectivity index (χ3v) is 14.5. The average Bonchev–Trinajstić information content (AvgIpc) is 4.03. The van der Waals surface area contributed by atoms with E-state index in [1.165, 1.54) is 85.5 Å². The first-order valence-electron chi connectivity index (χ1n) is 22.0. The van der Waals surface area contributed by atoms with E-state index in [-0.39, 0.29) is 0 Å². The van der Waals surface area contributed by atoms with E-state index < -0.39 is 0 Å². The van der Waals surface area contributed by atoms with Gasteiger partial charge < -0.3 is 4.57 Å². The maximum atomic E-state index is 5.47. The standard InChI is InChI=1S/C60H36N4S/c1-2-14-46(15-3-1)63-53-27-23-44(42-21-19-38-11-5-7-13-40(38)33-42)35-51(53)58-54(63)28-25-48-49-34-43(41-20-18-37-10-4-6-12-39(37)32-41)22-26-52(49)64(59(48)58)57-30-31-61-60(62-57)45-24-29-56-50(36-45)47-16-8-9-17-55(47)65-56/h1-36H. The Labute approximate surface area is 377 Å². The Morgan fingerprint density at radius 1 is 0.354 bits per heavy atom. The van der Waals surface area contributed by atoms with Gasteiger partial charge in [-0.25, -0.2) is 9.97 Å². The molecule has 4 heterocycles. The van der Waals surface area contributed by atoms with Crippen LogP contribution < -0.4 is 0 Å².